The molecule has 0 aromatic heterocycles. The van der Waals surface area contributed by atoms with Crippen molar-refractivity contribution in [3.8, 4) is 0 Å². The number of aliphatic carboxylic acids is 1. The van der Waals surface area contributed by atoms with E-state index in [1.165, 1.54) is 0 Å². The molecule has 0 aliphatic carbocycles. The summed E-state index contributed by atoms with van der Waals surface area (Å²) in [4.78, 5) is 45.3. The first-order chi connectivity index (χ1) is 10.0. The maximum absolute atomic E-state index is 11.8. The molecule has 0 saturated carbocycles. The molecule has 0 aliphatic rings. The second-order valence-corrected chi connectivity index (χ2v) is 5.32. The summed E-state index contributed by atoms with van der Waals surface area (Å²) in [6.07, 6.45) is -1.57. The van der Waals surface area contributed by atoms with Gasteiger partial charge in [-0.05, 0) is 27.7 Å². The van der Waals surface area contributed by atoms with E-state index in [4.69, 9.17) is 9.84 Å². The van der Waals surface area contributed by atoms with E-state index in [0.29, 0.717) is 0 Å². The maximum Gasteiger partial charge on any atom is 0.408 e. The Morgan fingerprint density at radius 3 is 2.23 bits per heavy atom. The fourth-order valence-corrected chi connectivity index (χ4v) is 1.33. The largest absolute Gasteiger partial charge is 0.481 e. The number of carboxylic acids is 1. The number of esters is 1. The molecule has 0 aliphatic heterocycles. The summed E-state index contributed by atoms with van der Waals surface area (Å²) in [7, 11) is 0. The molecule has 0 saturated heterocycles. The molecule has 0 aromatic rings. The third kappa shape index (κ3) is 9.56. The van der Waals surface area contributed by atoms with Gasteiger partial charge in [-0.2, -0.15) is 0 Å². The third-order valence-corrected chi connectivity index (χ3v) is 2.10. The van der Waals surface area contributed by atoms with Crippen molar-refractivity contribution < 1.29 is 33.8 Å². The Morgan fingerprint density at radius 1 is 1.18 bits per heavy atom. The van der Waals surface area contributed by atoms with E-state index in [2.05, 4.69) is 15.4 Å². The number of hydrogen-bond donors (Lipinski definition) is 3. The topological polar surface area (TPSA) is 131 Å². The summed E-state index contributed by atoms with van der Waals surface area (Å²) in [6.45, 7) is 6.22. The molecule has 0 radical (unpaired) electrons. The van der Waals surface area contributed by atoms with Crippen LogP contribution in [-0.4, -0.2) is 53.8 Å². The van der Waals surface area contributed by atoms with Gasteiger partial charge in [0.15, 0.2) is 0 Å². The van der Waals surface area contributed by atoms with Crippen LogP contribution in [0.2, 0.25) is 0 Å². The molecule has 3 N–H and O–H groups in total. The lowest BCUT2D eigenvalue weighted by molar-refractivity contribution is -0.143. The molecule has 9 nitrogen and oxygen atoms in total. The summed E-state index contributed by atoms with van der Waals surface area (Å²) in [6, 6.07) is -1.36. The van der Waals surface area contributed by atoms with Crippen molar-refractivity contribution in [3.63, 3.8) is 0 Å². The first kappa shape index (κ1) is 19.7. The molecule has 1 unspecified atom stereocenters. The molecule has 0 bridgehead atoms. The monoisotopic (exact) mass is 318 g/mol. The van der Waals surface area contributed by atoms with Gasteiger partial charge in [0.1, 0.15) is 18.2 Å². The normalized spacial score (nSPS) is 12.0. The molecular formula is C13H22N2O7. The summed E-state index contributed by atoms with van der Waals surface area (Å²) < 4.78 is 9.57. The predicted octanol–water partition coefficient (Wildman–Crippen LogP) is 0.0337. The van der Waals surface area contributed by atoms with Gasteiger partial charge in [0.2, 0.25) is 5.91 Å². The molecule has 0 heterocycles. The minimum Gasteiger partial charge on any atom is -0.481 e. The van der Waals surface area contributed by atoms with Crippen molar-refractivity contribution in [2.24, 2.45) is 0 Å². The Kier molecular flexibility index (Phi) is 7.92. The third-order valence-electron chi connectivity index (χ3n) is 2.10. The van der Waals surface area contributed by atoms with Gasteiger partial charge in [0.25, 0.3) is 0 Å². The number of carbonyl (C=O) groups excluding carboxylic acids is 3. The van der Waals surface area contributed by atoms with Crippen LogP contribution < -0.4 is 10.6 Å². The lowest BCUT2D eigenvalue weighted by Gasteiger charge is -2.22. The smallest absolute Gasteiger partial charge is 0.408 e. The SMILES string of the molecule is CCOC(=O)CNC(=O)C(CC(=O)O)NC(=O)OC(C)(C)C. The number of nitrogens with one attached hydrogen (secondary N) is 2. The fourth-order valence-electron chi connectivity index (χ4n) is 1.33. The first-order valence-electron chi connectivity index (χ1n) is 6.69. The van der Waals surface area contributed by atoms with Gasteiger partial charge in [-0.15, -0.1) is 0 Å². The molecule has 22 heavy (non-hydrogen) atoms. The quantitative estimate of drug-likeness (QED) is 0.564. The van der Waals surface area contributed by atoms with Gasteiger partial charge in [0.05, 0.1) is 13.0 Å². The molecule has 9 heteroatoms. The highest BCUT2D eigenvalue weighted by molar-refractivity contribution is 5.91. The number of carboxylic acid groups (broad SMARTS) is 1. The van der Waals surface area contributed by atoms with E-state index in [9.17, 15) is 19.2 Å². The number of carbonyl (C=O) groups is 4. The highest BCUT2D eigenvalue weighted by Gasteiger charge is 2.26. The van der Waals surface area contributed by atoms with Crippen LogP contribution in [0.1, 0.15) is 34.1 Å². The minimum atomic E-state index is -1.36. The van der Waals surface area contributed by atoms with Crippen molar-refractivity contribution in [2.75, 3.05) is 13.2 Å². The van der Waals surface area contributed by atoms with Gasteiger partial charge in [-0.1, -0.05) is 0 Å². The van der Waals surface area contributed by atoms with E-state index in [0.717, 1.165) is 0 Å². The average molecular weight is 318 g/mol. The van der Waals surface area contributed by atoms with E-state index in [-0.39, 0.29) is 6.61 Å². The van der Waals surface area contributed by atoms with Crippen LogP contribution in [0.15, 0.2) is 0 Å². The highest BCUT2D eigenvalue weighted by Crippen LogP contribution is 2.07. The molecule has 0 rings (SSSR count). The second-order valence-electron chi connectivity index (χ2n) is 5.32. The predicted molar refractivity (Wildman–Crippen MR) is 75.1 cm³/mol. The Balaban J connectivity index is 4.62. The Morgan fingerprint density at radius 2 is 1.77 bits per heavy atom. The van der Waals surface area contributed by atoms with Crippen LogP contribution in [0.3, 0.4) is 0 Å². The van der Waals surface area contributed by atoms with Crippen LogP contribution in [0, 0.1) is 0 Å². The lowest BCUT2D eigenvalue weighted by Crippen LogP contribution is -2.50. The highest BCUT2D eigenvalue weighted by atomic mass is 16.6. The van der Waals surface area contributed by atoms with Crippen LogP contribution >= 0.6 is 0 Å². The number of alkyl carbamates (subject to hydrolysis) is 1. The van der Waals surface area contributed by atoms with E-state index in [1.54, 1.807) is 27.7 Å². The number of hydrogen-bond acceptors (Lipinski definition) is 6. The van der Waals surface area contributed by atoms with Crippen molar-refractivity contribution >= 4 is 23.9 Å². The molecule has 126 valence electrons. The molecule has 0 spiro atoms. The molecule has 1 atom stereocenters. The zero-order valence-electron chi connectivity index (χ0n) is 13.1. The van der Waals surface area contributed by atoms with Crippen molar-refractivity contribution in [3.05, 3.63) is 0 Å². The van der Waals surface area contributed by atoms with Crippen LogP contribution in [0.5, 0.6) is 0 Å². The molecule has 0 aromatic carbocycles. The Labute approximate surface area is 128 Å². The fraction of sp³-hybridized carbons (Fsp3) is 0.692. The standard InChI is InChI=1S/C13H22N2O7/c1-5-21-10(18)7-14-11(19)8(6-9(16)17)15-12(20)22-13(2,3)4/h8H,5-7H2,1-4H3,(H,14,19)(H,15,20)(H,16,17). The number of amides is 2. The lowest BCUT2D eigenvalue weighted by atomic mass is 10.2. The van der Waals surface area contributed by atoms with Crippen molar-refractivity contribution in [2.45, 2.75) is 45.8 Å². The van der Waals surface area contributed by atoms with E-state index in [1.807, 2.05) is 0 Å². The van der Waals surface area contributed by atoms with Gasteiger partial charge < -0.3 is 25.2 Å². The molecule has 0 fully saturated rings. The average Bonchev–Trinajstić information content (AvgIpc) is 2.32. The Hall–Kier alpha value is -2.32. The Bertz CT molecular complexity index is 429. The van der Waals surface area contributed by atoms with Crippen LogP contribution in [-0.2, 0) is 23.9 Å². The van der Waals surface area contributed by atoms with Gasteiger partial charge >= 0.3 is 18.0 Å². The zero-order chi connectivity index (χ0) is 17.3. The van der Waals surface area contributed by atoms with Gasteiger partial charge in [-0.3, -0.25) is 14.4 Å². The summed E-state index contributed by atoms with van der Waals surface area (Å²) >= 11 is 0. The number of ether oxygens (including phenoxy) is 2. The summed E-state index contributed by atoms with van der Waals surface area (Å²) in [5.41, 5.74) is -0.792. The molecule has 2 amide bonds. The zero-order valence-corrected chi connectivity index (χ0v) is 13.1. The van der Waals surface area contributed by atoms with Crippen molar-refractivity contribution in [1.82, 2.24) is 10.6 Å². The van der Waals surface area contributed by atoms with E-state index >= 15 is 0 Å². The van der Waals surface area contributed by atoms with Crippen LogP contribution in [0.4, 0.5) is 4.79 Å². The number of rotatable bonds is 7. The minimum absolute atomic E-state index is 0.156. The van der Waals surface area contributed by atoms with Gasteiger partial charge in [0, 0.05) is 0 Å². The maximum atomic E-state index is 11.8. The first-order valence-corrected chi connectivity index (χ1v) is 6.69. The summed E-state index contributed by atoms with van der Waals surface area (Å²) in [5.74, 6) is -2.77. The summed E-state index contributed by atoms with van der Waals surface area (Å²) in [5, 5.41) is 13.1. The van der Waals surface area contributed by atoms with Crippen LogP contribution in [0.25, 0.3) is 0 Å². The second kappa shape index (κ2) is 8.85. The van der Waals surface area contributed by atoms with Gasteiger partial charge in [-0.25, -0.2) is 4.79 Å². The molecular weight excluding hydrogens is 296 g/mol. The van der Waals surface area contributed by atoms with E-state index < -0.39 is 48.5 Å². The van der Waals surface area contributed by atoms with Crippen molar-refractivity contribution in [1.29, 1.82) is 0 Å².